The maximum Gasteiger partial charge on any atom is 0.0224 e. The average molecular weight is 278 g/mol. The predicted molar refractivity (Wildman–Crippen MR) is 86.0 cm³/mol. The summed E-state index contributed by atoms with van der Waals surface area (Å²) in [4.78, 5) is 2.88. The number of nitrogens with zero attached hydrogens (tertiary/aromatic N) is 1. The van der Waals surface area contributed by atoms with Crippen molar-refractivity contribution in [2.45, 2.75) is 83.2 Å². The number of piperazine rings is 1. The van der Waals surface area contributed by atoms with Crippen LogP contribution >= 0.6 is 0 Å². The second-order valence-electron chi connectivity index (χ2n) is 7.61. The van der Waals surface area contributed by atoms with E-state index >= 15 is 0 Å². The van der Waals surface area contributed by atoms with Crippen LogP contribution in [0.5, 0.6) is 0 Å². The number of hydrogen-bond donors (Lipinski definition) is 1. The summed E-state index contributed by atoms with van der Waals surface area (Å²) < 4.78 is 0. The molecule has 0 spiro atoms. The van der Waals surface area contributed by atoms with Gasteiger partial charge in [0.2, 0.25) is 0 Å². The van der Waals surface area contributed by atoms with Gasteiger partial charge in [-0.1, -0.05) is 39.0 Å². The highest BCUT2D eigenvalue weighted by Crippen LogP contribution is 2.32. The molecule has 2 heteroatoms. The molecule has 2 saturated carbocycles. The summed E-state index contributed by atoms with van der Waals surface area (Å²) in [7, 11) is 0. The van der Waals surface area contributed by atoms with Crippen LogP contribution in [0.4, 0.5) is 0 Å². The predicted octanol–water partition coefficient (Wildman–Crippen LogP) is 3.81. The third-order valence-corrected chi connectivity index (χ3v) is 6.12. The third-order valence-electron chi connectivity index (χ3n) is 6.12. The van der Waals surface area contributed by atoms with Crippen molar-refractivity contribution < 1.29 is 0 Å². The summed E-state index contributed by atoms with van der Waals surface area (Å²) in [6, 6.07) is 1.61. The van der Waals surface area contributed by atoms with Gasteiger partial charge in [0.25, 0.3) is 0 Å². The van der Waals surface area contributed by atoms with E-state index in [0.717, 1.165) is 23.9 Å². The van der Waals surface area contributed by atoms with Crippen LogP contribution in [-0.4, -0.2) is 36.6 Å². The van der Waals surface area contributed by atoms with Crippen molar-refractivity contribution >= 4 is 0 Å². The first-order chi connectivity index (χ1) is 9.86. The van der Waals surface area contributed by atoms with E-state index in [2.05, 4.69) is 17.1 Å². The minimum Gasteiger partial charge on any atom is -0.311 e. The monoisotopic (exact) mass is 278 g/mol. The van der Waals surface area contributed by atoms with Gasteiger partial charge in [0.05, 0.1) is 0 Å². The van der Waals surface area contributed by atoms with Crippen molar-refractivity contribution in [3.05, 3.63) is 0 Å². The molecular weight excluding hydrogens is 244 g/mol. The number of rotatable bonds is 5. The largest absolute Gasteiger partial charge is 0.311 e. The van der Waals surface area contributed by atoms with E-state index in [4.69, 9.17) is 0 Å². The van der Waals surface area contributed by atoms with Crippen LogP contribution in [0, 0.1) is 11.8 Å². The molecule has 2 unspecified atom stereocenters. The van der Waals surface area contributed by atoms with Crippen molar-refractivity contribution in [1.82, 2.24) is 10.2 Å². The molecular formula is C18H34N2. The van der Waals surface area contributed by atoms with Gasteiger partial charge in [-0.3, -0.25) is 4.90 Å². The smallest absolute Gasteiger partial charge is 0.0224 e. The van der Waals surface area contributed by atoms with Crippen LogP contribution in [0.15, 0.2) is 0 Å². The summed E-state index contributed by atoms with van der Waals surface area (Å²) in [5.41, 5.74) is 0. The first kappa shape index (κ1) is 14.8. The molecule has 3 fully saturated rings. The molecule has 0 aromatic rings. The Morgan fingerprint density at radius 1 is 1.00 bits per heavy atom. The second-order valence-corrected chi connectivity index (χ2v) is 7.61. The average Bonchev–Trinajstić information content (AvgIpc) is 2.45. The van der Waals surface area contributed by atoms with Crippen molar-refractivity contribution in [3.63, 3.8) is 0 Å². The quantitative estimate of drug-likeness (QED) is 0.822. The Morgan fingerprint density at radius 2 is 1.80 bits per heavy atom. The summed E-state index contributed by atoms with van der Waals surface area (Å²) in [5.74, 6) is 2.00. The molecule has 0 radical (unpaired) electrons. The highest BCUT2D eigenvalue weighted by Gasteiger charge is 2.34. The van der Waals surface area contributed by atoms with E-state index in [1.54, 1.807) is 0 Å². The maximum absolute atomic E-state index is 3.92. The first-order valence-corrected chi connectivity index (χ1v) is 9.34. The molecule has 20 heavy (non-hydrogen) atoms. The minimum absolute atomic E-state index is 0.795. The topological polar surface area (TPSA) is 15.3 Å². The van der Waals surface area contributed by atoms with Gasteiger partial charge in [0, 0.05) is 31.7 Å². The summed E-state index contributed by atoms with van der Waals surface area (Å²) in [6.45, 7) is 6.33. The van der Waals surface area contributed by atoms with Crippen molar-refractivity contribution in [1.29, 1.82) is 0 Å². The lowest BCUT2D eigenvalue weighted by atomic mass is 9.81. The Labute approximate surface area is 125 Å². The van der Waals surface area contributed by atoms with Gasteiger partial charge in [0.1, 0.15) is 0 Å². The van der Waals surface area contributed by atoms with Gasteiger partial charge in [-0.15, -0.1) is 0 Å². The molecule has 2 nitrogen and oxygen atoms in total. The zero-order valence-electron chi connectivity index (χ0n) is 13.4. The highest BCUT2D eigenvalue weighted by atomic mass is 15.2. The molecule has 1 saturated heterocycles. The molecule has 0 bridgehead atoms. The molecule has 1 heterocycles. The van der Waals surface area contributed by atoms with Gasteiger partial charge in [0.15, 0.2) is 0 Å². The fourth-order valence-corrected chi connectivity index (χ4v) is 4.58. The third kappa shape index (κ3) is 3.57. The summed E-state index contributed by atoms with van der Waals surface area (Å²) in [5, 5.41) is 3.92. The zero-order valence-corrected chi connectivity index (χ0v) is 13.4. The molecule has 0 aromatic carbocycles. The van der Waals surface area contributed by atoms with Crippen molar-refractivity contribution in [2.24, 2.45) is 11.8 Å². The maximum atomic E-state index is 3.92. The van der Waals surface area contributed by atoms with Gasteiger partial charge < -0.3 is 5.32 Å². The SMILES string of the molecule is CCCC1CNC(C2CCCCC2)CN1CC1CCC1. The zero-order chi connectivity index (χ0) is 13.8. The molecule has 1 aliphatic heterocycles. The molecule has 3 aliphatic rings. The second kappa shape index (κ2) is 7.26. The van der Waals surface area contributed by atoms with Crippen LogP contribution < -0.4 is 5.32 Å². The van der Waals surface area contributed by atoms with Crippen LogP contribution in [0.2, 0.25) is 0 Å². The fraction of sp³-hybridized carbons (Fsp3) is 1.00. The van der Waals surface area contributed by atoms with Crippen LogP contribution in [-0.2, 0) is 0 Å². The van der Waals surface area contributed by atoms with E-state index in [1.165, 1.54) is 83.8 Å². The lowest BCUT2D eigenvalue weighted by Gasteiger charge is -2.46. The number of nitrogens with one attached hydrogen (secondary N) is 1. The fourth-order valence-electron chi connectivity index (χ4n) is 4.58. The Hall–Kier alpha value is -0.0800. The van der Waals surface area contributed by atoms with Gasteiger partial charge >= 0.3 is 0 Å². The van der Waals surface area contributed by atoms with Gasteiger partial charge in [-0.25, -0.2) is 0 Å². The molecule has 0 aromatic heterocycles. The molecule has 116 valence electrons. The molecule has 2 atom stereocenters. The summed E-state index contributed by atoms with van der Waals surface area (Å²) in [6.07, 6.45) is 14.6. The van der Waals surface area contributed by atoms with Gasteiger partial charge in [-0.05, 0) is 43.9 Å². The van der Waals surface area contributed by atoms with E-state index in [0.29, 0.717) is 0 Å². The van der Waals surface area contributed by atoms with Crippen LogP contribution in [0.1, 0.15) is 71.1 Å². The molecule has 1 N–H and O–H groups in total. The Kier molecular flexibility index (Phi) is 5.39. The summed E-state index contributed by atoms with van der Waals surface area (Å²) >= 11 is 0. The Balaban J connectivity index is 1.56. The number of hydrogen-bond acceptors (Lipinski definition) is 2. The van der Waals surface area contributed by atoms with Crippen molar-refractivity contribution in [2.75, 3.05) is 19.6 Å². The Morgan fingerprint density at radius 3 is 2.45 bits per heavy atom. The van der Waals surface area contributed by atoms with Crippen molar-refractivity contribution in [3.8, 4) is 0 Å². The lowest BCUT2D eigenvalue weighted by Crippen LogP contribution is -2.59. The highest BCUT2D eigenvalue weighted by molar-refractivity contribution is 4.91. The lowest BCUT2D eigenvalue weighted by molar-refractivity contribution is 0.0622. The minimum atomic E-state index is 0.795. The normalized spacial score (nSPS) is 34.0. The van der Waals surface area contributed by atoms with Gasteiger partial charge in [-0.2, -0.15) is 0 Å². The standard InChI is InChI=1S/C18H34N2/c1-2-7-17-12-19-18(16-10-4-3-5-11-16)14-20(17)13-15-8-6-9-15/h15-19H,2-14H2,1H3. The van der Waals surface area contributed by atoms with E-state index in [9.17, 15) is 0 Å². The molecule has 3 rings (SSSR count). The van der Waals surface area contributed by atoms with E-state index in [-0.39, 0.29) is 0 Å². The van der Waals surface area contributed by atoms with Crippen LogP contribution in [0.25, 0.3) is 0 Å². The first-order valence-electron chi connectivity index (χ1n) is 9.34. The van der Waals surface area contributed by atoms with Crippen LogP contribution in [0.3, 0.4) is 0 Å². The molecule has 0 amide bonds. The van der Waals surface area contributed by atoms with E-state index < -0.39 is 0 Å². The molecule has 2 aliphatic carbocycles. The van der Waals surface area contributed by atoms with E-state index in [1.807, 2.05) is 0 Å². The Bertz CT molecular complexity index is 281.